The Balaban J connectivity index is 1.54. The molecule has 0 aromatic heterocycles. The topological polar surface area (TPSA) is 90.9 Å². The molecular formula is C33H39F2N3O4. The van der Waals surface area contributed by atoms with Gasteiger partial charge in [0.15, 0.2) is 0 Å². The number of alkyl halides is 2. The van der Waals surface area contributed by atoms with Gasteiger partial charge in [0.25, 0.3) is 5.92 Å². The summed E-state index contributed by atoms with van der Waals surface area (Å²) in [5.74, 6) is -3.68. The minimum atomic E-state index is -3.15. The quantitative estimate of drug-likeness (QED) is 0.237. The number of carbonyl (C=O) groups excluding carboxylic acids is 1. The molecule has 1 saturated heterocycles. The van der Waals surface area contributed by atoms with Crippen molar-refractivity contribution in [3.05, 3.63) is 89.0 Å². The first-order valence-corrected chi connectivity index (χ1v) is 14.1. The second kappa shape index (κ2) is 12.1. The molecule has 1 aliphatic rings. The van der Waals surface area contributed by atoms with E-state index < -0.39 is 24.0 Å². The number of likely N-dealkylation sites (N-methyl/N-ethyl adjacent to an activating group) is 1. The Morgan fingerprint density at radius 2 is 1.60 bits per heavy atom. The number of benzene rings is 3. The van der Waals surface area contributed by atoms with Crippen LogP contribution in [0.4, 0.5) is 13.6 Å². The molecule has 9 heteroatoms. The van der Waals surface area contributed by atoms with Gasteiger partial charge < -0.3 is 14.7 Å². The van der Waals surface area contributed by atoms with Gasteiger partial charge >= 0.3 is 12.0 Å². The highest BCUT2D eigenvalue weighted by Gasteiger charge is 2.47. The normalized spacial score (nSPS) is 17.3. The van der Waals surface area contributed by atoms with E-state index >= 15 is 8.78 Å². The monoisotopic (exact) mass is 579 g/mol. The number of carboxylic acids is 1. The highest BCUT2D eigenvalue weighted by molar-refractivity contribution is 5.77. The number of halogens is 2. The van der Waals surface area contributed by atoms with Gasteiger partial charge in [-0.25, -0.2) is 19.0 Å². The fourth-order valence-electron chi connectivity index (χ4n) is 5.51. The number of methoxy groups -OCH3 is 1. The molecule has 0 spiro atoms. The fourth-order valence-corrected chi connectivity index (χ4v) is 5.51. The van der Waals surface area contributed by atoms with Crippen molar-refractivity contribution < 1.29 is 28.2 Å². The largest absolute Gasteiger partial charge is 0.496 e. The van der Waals surface area contributed by atoms with E-state index in [1.165, 1.54) is 24.8 Å². The van der Waals surface area contributed by atoms with Crippen molar-refractivity contribution in [2.24, 2.45) is 0 Å². The van der Waals surface area contributed by atoms with Crippen LogP contribution in [0.5, 0.6) is 5.75 Å². The number of ether oxygens (including phenoxy) is 1. The number of aliphatic carboxylic acids is 1. The Bertz CT molecular complexity index is 1420. The highest BCUT2D eigenvalue weighted by atomic mass is 19.3. The number of hydrogen-bond acceptors (Lipinski definition) is 4. The summed E-state index contributed by atoms with van der Waals surface area (Å²) in [7, 11) is 1.47. The maximum atomic E-state index is 15.6. The first-order valence-electron chi connectivity index (χ1n) is 14.1. The van der Waals surface area contributed by atoms with Gasteiger partial charge in [0.1, 0.15) is 11.4 Å². The first kappa shape index (κ1) is 31.0. The van der Waals surface area contributed by atoms with E-state index in [4.69, 9.17) is 4.74 Å². The minimum Gasteiger partial charge on any atom is -0.496 e. The van der Waals surface area contributed by atoms with E-state index in [1.54, 1.807) is 35.2 Å². The summed E-state index contributed by atoms with van der Waals surface area (Å²) in [4.78, 5) is 25.5. The molecule has 0 saturated carbocycles. The van der Waals surface area contributed by atoms with Crippen LogP contribution in [0.2, 0.25) is 0 Å². The molecule has 0 aliphatic carbocycles. The van der Waals surface area contributed by atoms with E-state index in [0.29, 0.717) is 35.4 Å². The van der Waals surface area contributed by atoms with Crippen LogP contribution in [0, 0.1) is 0 Å². The van der Waals surface area contributed by atoms with Crippen molar-refractivity contribution in [1.29, 1.82) is 0 Å². The number of rotatable bonds is 11. The molecule has 1 atom stereocenters. The van der Waals surface area contributed by atoms with Gasteiger partial charge in [-0.1, -0.05) is 75.4 Å². The third-order valence-corrected chi connectivity index (χ3v) is 7.91. The number of carbonyl (C=O) groups is 2. The minimum absolute atomic E-state index is 0.0133. The van der Waals surface area contributed by atoms with Crippen LogP contribution < -0.4 is 15.6 Å². The number of hydrazine groups is 1. The third-order valence-electron chi connectivity index (χ3n) is 7.91. The number of urea groups is 1. The van der Waals surface area contributed by atoms with Crippen LogP contribution in [0.1, 0.15) is 62.8 Å². The molecule has 224 valence electrons. The SMILES string of the molecule is CCN1C(=O)NNC1(CCC(F)(F)c1ccc(-c2ccc(OC)c(CC(=O)O)c2)cc1)Cc1ccc(C(C)(C)C)cc1. The molecule has 0 bridgehead atoms. The van der Waals surface area contributed by atoms with Gasteiger partial charge in [-0.05, 0) is 53.1 Å². The van der Waals surface area contributed by atoms with Gasteiger partial charge in [-0.2, -0.15) is 0 Å². The van der Waals surface area contributed by atoms with Crippen LogP contribution in [0.3, 0.4) is 0 Å². The van der Waals surface area contributed by atoms with E-state index in [2.05, 4.69) is 31.6 Å². The van der Waals surface area contributed by atoms with Gasteiger partial charge in [0.05, 0.1) is 13.5 Å². The summed E-state index contributed by atoms with van der Waals surface area (Å²) < 4.78 is 36.5. The van der Waals surface area contributed by atoms with E-state index in [-0.39, 0.29) is 29.9 Å². The molecule has 3 aromatic rings. The lowest BCUT2D eigenvalue weighted by molar-refractivity contribution is -0.136. The Kier molecular flexibility index (Phi) is 8.92. The number of nitrogens with zero attached hydrogens (tertiary/aromatic N) is 1. The van der Waals surface area contributed by atoms with Crippen LogP contribution in [0.25, 0.3) is 11.1 Å². The second-order valence-corrected chi connectivity index (χ2v) is 11.8. The van der Waals surface area contributed by atoms with E-state index in [1.807, 2.05) is 31.2 Å². The summed E-state index contributed by atoms with van der Waals surface area (Å²) >= 11 is 0. The van der Waals surface area contributed by atoms with Crippen LogP contribution in [-0.2, 0) is 29.0 Å². The molecule has 3 N–H and O–H groups in total. The lowest BCUT2D eigenvalue weighted by Gasteiger charge is -2.37. The lowest BCUT2D eigenvalue weighted by atomic mass is 9.85. The molecule has 1 unspecified atom stereocenters. The van der Waals surface area contributed by atoms with Crippen molar-refractivity contribution >= 4 is 12.0 Å². The van der Waals surface area contributed by atoms with Crippen molar-refractivity contribution in [2.75, 3.05) is 13.7 Å². The fraction of sp³-hybridized carbons (Fsp3) is 0.394. The summed E-state index contributed by atoms with van der Waals surface area (Å²) in [6, 6.07) is 18.9. The Hall–Kier alpha value is -3.98. The molecule has 1 aliphatic heterocycles. The number of amides is 2. The van der Waals surface area contributed by atoms with Crippen LogP contribution in [-0.4, -0.2) is 41.3 Å². The summed E-state index contributed by atoms with van der Waals surface area (Å²) in [6.45, 7) is 8.59. The predicted octanol–water partition coefficient (Wildman–Crippen LogP) is 6.65. The number of hydrogen-bond donors (Lipinski definition) is 3. The molecule has 4 rings (SSSR count). The second-order valence-electron chi connectivity index (χ2n) is 11.8. The van der Waals surface area contributed by atoms with Crippen molar-refractivity contribution in [3.8, 4) is 16.9 Å². The summed E-state index contributed by atoms with van der Waals surface area (Å²) in [6.07, 6.45) is -0.298. The molecule has 1 heterocycles. The number of nitrogens with one attached hydrogen (secondary N) is 2. The highest BCUT2D eigenvalue weighted by Crippen LogP contribution is 2.39. The molecule has 0 radical (unpaired) electrons. The van der Waals surface area contributed by atoms with Gasteiger partial charge in [0.2, 0.25) is 0 Å². The molecule has 3 aromatic carbocycles. The zero-order valence-electron chi connectivity index (χ0n) is 24.8. The van der Waals surface area contributed by atoms with E-state index in [9.17, 15) is 14.7 Å². The number of carboxylic acid groups (broad SMARTS) is 1. The molecule has 42 heavy (non-hydrogen) atoms. The van der Waals surface area contributed by atoms with Gasteiger partial charge in [-0.3, -0.25) is 10.2 Å². The summed E-state index contributed by atoms with van der Waals surface area (Å²) in [5.41, 5.74) is 8.53. The maximum Gasteiger partial charge on any atom is 0.333 e. The average Bonchev–Trinajstić information content (AvgIpc) is 3.26. The Morgan fingerprint density at radius 1 is 0.976 bits per heavy atom. The van der Waals surface area contributed by atoms with Crippen molar-refractivity contribution in [1.82, 2.24) is 15.8 Å². The van der Waals surface area contributed by atoms with Crippen molar-refractivity contribution in [2.45, 2.75) is 70.4 Å². The third kappa shape index (κ3) is 6.73. The van der Waals surface area contributed by atoms with Crippen molar-refractivity contribution in [3.63, 3.8) is 0 Å². The van der Waals surface area contributed by atoms with Crippen LogP contribution in [0.15, 0.2) is 66.7 Å². The molecule has 1 fully saturated rings. The van der Waals surface area contributed by atoms with Gasteiger partial charge in [0, 0.05) is 30.5 Å². The zero-order chi connectivity index (χ0) is 30.7. The Morgan fingerprint density at radius 3 is 2.17 bits per heavy atom. The predicted molar refractivity (Wildman–Crippen MR) is 159 cm³/mol. The average molecular weight is 580 g/mol. The smallest absolute Gasteiger partial charge is 0.333 e. The summed E-state index contributed by atoms with van der Waals surface area (Å²) in [5, 5.41) is 9.22. The van der Waals surface area contributed by atoms with E-state index in [0.717, 1.165) is 5.56 Å². The zero-order valence-corrected chi connectivity index (χ0v) is 24.8. The lowest BCUT2D eigenvalue weighted by Crippen LogP contribution is -2.55. The standard InChI is InChI=1S/C33H39F2N3O4/c1-6-38-30(41)36-37-32(38,21-22-7-12-26(13-8-22)31(2,3)4)17-18-33(34,35)27-14-9-23(10-15-27)24-11-16-28(42-5)25(19-24)20-29(39)40/h7-16,19,37H,6,17-18,20-21H2,1-5H3,(H,36,41)(H,39,40). The first-order chi connectivity index (χ1) is 19.8. The molecular weight excluding hydrogens is 540 g/mol. The maximum absolute atomic E-state index is 15.6. The van der Waals surface area contributed by atoms with Crippen LogP contribution >= 0.6 is 0 Å². The molecule has 2 amide bonds. The Labute approximate surface area is 245 Å². The molecule has 7 nitrogen and oxygen atoms in total. The van der Waals surface area contributed by atoms with Gasteiger partial charge in [-0.15, -0.1) is 0 Å².